The van der Waals surface area contributed by atoms with E-state index in [0.29, 0.717) is 10.8 Å². The fraction of sp³-hybridized carbons (Fsp3) is 0.136. The Morgan fingerprint density at radius 2 is 1.72 bits per heavy atom. The van der Waals surface area contributed by atoms with Gasteiger partial charge >= 0.3 is 0 Å². The molecule has 6 nitrogen and oxygen atoms in total. The molecule has 0 aliphatic heterocycles. The molecule has 0 bridgehead atoms. The minimum absolute atomic E-state index is 0.643. The van der Waals surface area contributed by atoms with Crippen LogP contribution in [0.3, 0.4) is 0 Å². The summed E-state index contributed by atoms with van der Waals surface area (Å²) in [4.78, 5) is 9.51. The average molecular weight is 404 g/mol. The van der Waals surface area contributed by atoms with E-state index in [1.165, 1.54) is 0 Å². The maximum Gasteiger partial charge on any atom is 0.182 e. The van der Waals surface area contributed by atoms with Crippen LogP contribution in [0.5, 0.6) is 5.75 Å². The Kier molecular flexibility index (Phi) is 4.03. The molecule has 7 heteroatoms. The summed E-state index contributed by atoms with van der Waals surface area (Å²) < 4.78 is 9.04. The number of hydrogen-bond donors (Lipinski definition) is 0. The number of aromatic nitrogens is 5. The van der Waals surface area contributed by atoms with Crippen LogP contribution in [0.25, 0.3) is 33.8 Å². The van der Waals surface area contributed by atoms with Gasteiger partial charge in [-0.25, -0.2) is 14.5 Å². The fourth-order valence-corrected chi connectivity index (χ4v) is 3.87. The van der Waals surface area contributed by atoms with Crippen molar-refractivity contribution in [2.75, 3.05) is 7.11 Å². The Morgan fingerprint density at radius 1 is 0.966 bits per heavy atom. The van der Waals surface area contributed by atoms with Crippen molar-refractivity contribution in [3.05, 3.63) is 71.1 Å². The second-order valence-electron chi connectivity index (χ2n) is 6.87. The van der Waals surface area contributed by atoms with Crippen LogP contribution >= 0.6 is 11.6 Å². The predicted molar refractivity (Wildman–Crippen MR) is 114 cm³/mol. The Bertz CT molecular complexity index is 1370. The van der Waals surface area contributed by atoms with Crippen molar-refractivity contribution >= 4 is 28.3 Å². The Morgan fingerprint density at radius 3 is 2.45 bits per heavy atom. The molecule has 0 radical (unpaired) electrons. The first kappa shape index (κ1) is 17.7. The Hall–Kier alpha value is -3.38. The van der Waals surface area contributed by atoms with Gasteiger partial charge in [-0.15, -0.1) is 5.10 Å². The molecule has 29 heavy (non-hydrogen) atoms. The number of rotatable bonds is 3. The van der Waals surface area contributed by atoms with E-state index in [1.54, 1.807) is 18.0 Å². The van der Waals surface area contributed by atoms with Gasteiger partial charge in [0.15, 0.2) is 17.1 Å². The van der Waals surface area contributed by atoms with Crippen molar-refractivity contribution in [1.82, 2.24) is 24.1 Å². The van der Waals surface area contributed by atoms with Gasteiger partial charge in [0.2, 0.25) is 0 Å². The molecule has 3 aromatic heterocycles. The number of aryl methyl sites for hydroxylation is 1. The van der Waals surface area contributed by atoms with E-state index in [0.717, 1.165) is 44.9 Å². The van der Waals surface area contributed by atoms with Crippen LogP contribution in [0.1, 0.15) is 11.3 Å². The number of nitrogens with zero attached hydrogens (tertiary/aromatic N) is 5. The molecule has 0 unspecified atom stereocenters. The molecule has 0 atom stereocenters. The average Bonchev–Trinajstić information content (AvgIpc) is 3.28. The minimum Gasteiger partial charge on any atom is -0.497 e. The van der Waals surface area contributed by atoms with E-state index in [-0.39, 0.29) is 0 Å². The lowest BCUT2D eigenvalue weighted by Crippen LogP contribution is -1.99. The molecule has 0 spiro atoms. The number of fused-ring (bicyclic) bond motifs is 3. The lowest BCUT2D eigenvalue weighted by molar-refractivity contribution is 0.415. The smallest absolute Gasteiger partial charge is 0.182 e. The third-order valence-electron chi connectivity index (χ3n) is 5.27. The van der Waals surface area contributed by atoms with Crippen molar-refractivity contribution in [2.24, 2.45) is 0 Å². The lowest BCUT2D eigenvalue weighted by Gasteiger charge is -2.09. The van der Waals surface area contributed by atoms with E-state index in [2.05, 4.69) is 28.5 Å². The van der Waals surface area contributed by atoms with Gasteiger partial charge in [-0.1, -0.05) is 23.7 Å². The molecular formula is C22H18ClN5O. The van der Waals surface area contributed by atoms with Crippen molar-refractivity contribution in [3.63, 3.8) is 0 Å². The van der Waals surface area contributed by atoms with Gasteiger partial charge in [0, 0.05) is 11.3 Å². The van der Waals surface area contributed by atoms with E-state index >= 15 is 0 Å². The second kappa shape index (κ2) is 6.60. The van der Waals surface area contributed by atoms with E-state index < -0.39 is 0 Å². The van der Waals surface area contributed by atoms with Gasteiger partial charge in [-0.3, -0.25) is 4.57 Å². The minimum atomic E-state index is 0.643. The summed E-state index contributed by atoms with van der Waals surface area (Å²) in [5.74, 6) is 1.44. The number of methoxy groups -OCH3 is 1. The first-order valence-corrected chi connectivity index (χ1v) is 9.58. The summed E-state index contributed by atoms with van der Waals surface area (Å²) in [7, 11) is 1.65. The standard InChI is InChI=1S/C22H18ClN5O/c1-13-14(2)28(18-7-5-4-6-17(18)23)21-19(13)22-25-20(26-27(22)12-24-21)15-8-10-16(29-3)11-9-15/h4-12H,1-3H3. The highest BCUT2D eigenvalue weighted by molar-refractivity contribution is 6.32. The van der Waals surface area contributed by atoms with Crippen molar-refractivity contribution in [2.45, 2.75) is 13.8 Å². The normalized spacial score (nSPS) is 11.4. The maximum atomic E-state index is 6.48. The van der Waals surface area contributed by atoms with Crippen LogP contribution in [-0.4, -0.2) is 31.3 Å². The quantitative estimate of drug-likeness (QED) is 0.424. The third-order valence-corrected chi connectivity index (χ3v) is 5.59. The zero-order valence-corrected chi connectivity index (χ0v) is 17.0. The molecule has 5 aromatic rings. The maximum absolute atomic E-state index is 6.48. The van der Waals surface area contributed by atoms with Gasteiger partial charge in [0.25, 0.3) is 0 Å². The molecule has 0 aliphatic rings. The van der Waals surface area contributed by atoms with Gasteiger partial charge in [0.05, 0.1) is 23.2 Å². The summed E-state index contributed by atoms with van der Waals surface area (Å²) in [6.45, 7) is 4.14. The summed E-state index contributed by atoms with van der Waals surface area (Å²) in [6.07, 6.45) is 1.70. The van der Waals surface area contributed by atoms with E-state index in [4.69, 9.17) is 21.3 Å². The van der Waals surface area contributed by atoms with Crippen LogP contribution < -0.4 is 4.74 Å². The molecule has 0 saturated heterocycles. The van der Waals surface area contributed by atoms with Crippen LogP contribution in [0.4, 0.5) is 0 Å². The summed E-state index contributed by atoms with van der Waals surface area (Å²) in [5, 5.41) is 6.27. The lowest BCUT2D eigenvalue weighted by atomic mass is 10.2. The largest absolute Gasteiger partial charge is 0.497 e. The van der Waals surface area contributed by atoms with Gasteiger partial charge < -0.3 is 4.74 Å². The Balaban J connectivity index is 1.76. The van der Waals surface area contributed by atoms with Crippen LogP contribution in [0.15, 0.2) is 54.9 Å². The van der Waals surface area contributed by atoms with Gasteiger partial charge in [-0.05, 0) is 55.8 Å². The first-order chi connectivity index (χ1) is 14.1. The van der Waals surface area contributed by atoms with Crippen molar-refractivity contribution in [3.8, 4) is 22.8 Å². The van der Waals surface area contributed by atoms with Gasteiger partial charge in [0.1, 0.15) is 12.1 Å². The van der Waals surface area contributed by atoms with Gasteiger partial charge in [-0.2, -0.15) is 0 Å². The molecule has 0 aliphatic carbocycles. The van der Waals surface area contributed by atoms with Crippen molar-refractivity contribution < 1.29 is 4.74 Å². The first-order valence-electron chi connectivity index (χ1n) is 9.21. The molecule has 3 heterocycles. The molecule has 144 valence electrons. The van der Waals surface area contributed by atoms with Crippen LogP contribution in [0, 0.1) is 13.8 Å². The number of hydrogen-bond acceptors (Lipinski definition) is 4. The highest BCUT2D eigenvalue weighted by Gasteiger charge is 2.20. The van der Waals surface area contributed by atoms with Crippen LogP contribution in [-0.2, 0) is 0 Å². The number of halogens is 1. The van der Waals surface area contributed by atoms with E-state index in [1.807, 2.05) is 48.5 Å². The molecule has 0 saturated carbocycles. The molecular weight excluding hydrogens is 386 g/mol. The summed E-state index contributed by atoms with van der Waals surface area (Å²) in [6, 6.07) is 15.5. The highest BCUT2D eigenvalue weighted by atomic mass is 35.5. The molecule has 0 N–H and O–H groups in total. The summed E-state index contributed by atoms with van der Waals surface area (Å²) >= 11 is 6.48. The van der Waals surface area contributed by atoms with Crippen LogP contribution in [0.2, 0.25) is 5.02 Å². The molecule has 0 amide bonds. The number of para-hydroxylation sites is 1. The SMILES string of the molecule is COc1ccc(-c2nc3c4c(C)c(C)n(-c5ccccc5Cl)c4ncn3n2)cc1. The second-order valence-corrected chi connectivity index (χ2v) is 7.28. The highest BCUT2D eigenvalue weighted by Crippen LogP contribution is 2.33. The number of ether oxygens (including phenoxy) is 1. The van der Waals surface area contributed by atoms with Crippen molar-refractivity contribution in [1.29, 1.82) is 0 Å². The number of benzene rings is 2. The topological polar surface area (TPSA) is 57.2 Å². The fourth-order valence-electron chi connectivity index (χ4n) is 3.65. The zero-order chi connectivity index (χ0) is 20.1. The third kappa shape index (κ3) is 2.68. The monoisotopic (exact) mass is 403 g/mol. The Labute approximate surface area is 172 Å². The predicted octanol–water partition coefficient (Wildman–Crippen LogP) is 5.01. The molecule has 5 rings (SSSR count). The zero-order valence-electron chi connectivity index (χ0n) is 16.2. The summed E-state index contributed by atoms with van der Waals surface area (Å²) in [5.41, 5.74) is 5.58. The molecule has 2 aromatic carbocycles. The van der Waals surface area contributed by atoms with E-state index in [9.17, 15) is 0 Å². The molecule has 0 fully saturated rings.